The number of hydrogen-bond acceptors (Lipinski definition) is 3. The molecule has 0 atom stereocenters. The summed E-state index contributed by atoms with van der Waals surface area (Å²) >= 11 is 12.1. The monoisotopic (exact) mass is 372 g/mol. The molecule has 0 unspecified atom stereocenters. The molecule has 25 heavy (non-hydrogen) atoms. The molecule has 0 aliphatic rings. The van der Waals surface area contributed by atoms with Crippen molar-refractivity contribution in [1.82, 2.24) is 9.55 Å². The standard InChI is InChI=1S/C19H14Cl2N2O2/c20-13-7-8-18(15(21)10-13)25-12-19-22-16-5-1-2-6-17(16)23(19)11-14-4-3-9-24-14/h1-10H,11-12H2. The van der Waals surface area contributed by atoms with Crippen LogP contribution in [0.25, 0.3) is 11.0 Å². The molecule has 6 heteroatoms. The van der Waals surface area contributed by atoms with Crippen molar-refractivity contribution in [2.75, 3.05) is 0 Å². The third-order valence-corrected chi connectivity index (χ3v) is 4.41. The van der Waals surface area contributed by atoms with Gasteiger partial charge in [-0.05, 0) is 42.5 Å². The second kappa shape index (κ2) is 6.82. The first-order valence-electron chi connectivity index (χ1n) is 7.75. The molecular weight excluding hydrogens is 359 g/mol. The lowest BCUT2D eigenvalue weighted by Gasteiger charge is -2.10. The molecule has 4 aromatic rings. The van der Waals surface area contributed by atoms with Crippen LogP contribution in [0.5, 0.6) is 5.75 Å². The van der Waals surface area contributed by atoms with Crippen molar-refractivity contribution in [1.29, 1.82) is 0 Å². The topological polar surface area (TPSA) is 40.2 Å². The van der Waals surface area contributed by atoms with Crippen molar-refractivity contribution >= 4 is 34.2 Å². The smallest absolute Gasteiger partial charge is 0.148 e. The zero-order valence-electron chi connectivity index (χ0n) is 13.2. The Kier molecular flexibility index (Phi) is 4.38. The largest absolute Gasteiger partial charge is 0.484 e. The molecule has 0 radical (unpaired) electrons. The molecule has 0 bridgehead atoms. The maximum absolute atomic E-state index is 6.18. The van der Waals surface area contributed by atoms with Gasteiger partial charge in [-0.1, -0.05) is 35.3 Å². The van der Waals surface area contributed by atoms with Crippen molar-refractivity contribution in [2.24, 2.45) is 0 Å². The number of hydrogen-bond donors (Lipinski definition) is 0. The van der Waals surface area contributed by atoms with E-state index in [0.29, 0.717) is 22.3 Å². The Balaban J connectivity index is 1.66. The summed E-state index contributed by atoms with van der Waals surface area (Å²) in [5.74, 6) is 2.22. The Morgan fingerprint density at radius 3 is 2.72 bits per heavy atom. The summed E-state index contributed by atoms with van der Waals surface area (Å²) in [5, 5.41) is 1.05. The number of benzene rings is 2. The van der Waals surface area contributed by atoms with E-state index < -0.39 is 0 Å². The minimum Gasteiger partial charge on any atom is -0.484 e. The van der Waals surface area contributed by atoms with Gasteiger partial charge < -0.3 is 13.7 Å². The maximum Gasteiger partial charge on any atom is 0.148 e. The Hall–Kier alpha value is -2.43. The Bertz CT molecular complexity index is 1010. The van der Waals surface area contributed by atoms with Crippen LogP contribution in [0.4, 0.5) is 0 Å². The summed E-state index contributed by atoms with van der Waals surface area (Å²) in [7, 11) is 0. The summed E-state index contributed by atoms with van der Waals surface area (Å²) in [6, 6.07) is 16.9. The molecule has 0 spiro atoms. The van der Waals surface area contributed by atoms with E-state index in [-0.39, 0.29) is 6.61 Å². The molecule has 0 saturated heterocycles. The fraction of sp³-hybridized carbons (Fsp3) is 0.105. The molecule has 2 aromatic heterocycles. The number of aromatic nitrogens is 2. The predicted molar refractivity (Wildman–Crippen MR) is 98.3 cm³/mol. The van der Waals surface area contributed by atoms with Crippen molar-refractivity contribution < 1.29 is 9.15 Å². The summed E-state index contributed by atoms with van der Waals surface area (Å²) in [6.07, 6.45) is 1.66. The zero-order chi connectivity index (χ0) is 17.2. The molecule has 4 rings (SSSR count). The Morgan fingerprint density at radius 1 is 1.04 bits per heavy atom. The Morgan fingerprint density at radius 2 is 1.92 bits per heavy atom. The number of ether oxygens (including phenoxy) is 1. The number of halogens is 2. The average Bonchev–Trinajstić information content (AvgIpc) is 3.23. The SMILES string of the molecule is Clc1ccc(OCc2nc3ccccc3n2Cc2ccco2)c(Cl)c1. The van der Waals surface area contributed by atoms with Gasteiger partial charge in [0, 0.05) is 5.02 Å². The van der Waals surface area contributed by atoms with Gasteiger partial charge in [0.25, 0.3) is 0 Å². The third-order valence-electron chi connectivity index (χ3n) is 3.88. The summed E-state index contributed by atoms with van der Waals surface area (Å²) in [6.45, 7) is 0.872. The second-order valence-corrected chi connectivity index (χ2v) is 6.39. The van der Waals surface area contributed by atoms with Gasteiger partial charge in [-0.2, -0.15) is 0 Å². The van der Waals surface area contributed by atoms with E-state index in [1.165, 1.54) is 0 Å². The summed E-state index contributed by atoms with van der Waals surface area (Å²) in [4.78, 5) is 4.68. The van der Waals surface area contributed by atoms with Crippen molar-refractivity contribution in [3.8, 4) is 5.75 Å². The number of nitrogens with zero attached hydrogens (tertiary/aromatic N) is 2. The number of imidazole rings is 1. The normalized spacial score (nSPS) is 11.1. The van der Waals surface area contributed by atoms with Crippen LogP contribution in [0.1, 0.15) is 11.6 Å². The molecule has 0 aliphatic carbocycles. The number of fused-ring (bicyclic) bond motifs is 1. The van der Waals surface area contributed by atoms with Crippen LogP contribution in [0.15, 0.2) is 65.3 Å². The predicted octanol–water partition coefficient (Wildman–Crippen LogP) is 5.56. The van der Waals surface area contributed by atoms with Crippen LogP contribution in [-0.4, -0.2) is 9.55 Å². The van der Waals surface area contributed by atoms with Crippen LogP contribution in [-0.2, 0) is 13.2 Å². The van der Waals surface area contributed by atoms with E-state index in [1.54, 1.807) is 24.5 Å². The van der Waals surface area contributed by atoms with Crippen LogP contribution < -0.4 is 4.74 Å². The van der Waals surface area contributed by atoms with Crippen molar-refractivity contribution in [2.45, 2.75) is 13.2 Å². The highest BCUT2D eigenvalue weighted by molar-refractivity contribution is 6.35. The number of rotatable bonds is 5. The second-order valence-electron chi connectivity index (χ2n) is 5.55. The summed E-state index contributed by atoms with van der Waals surface area (Å²) in [5.41, 5.74) is 1.94. The fourth-order valence-corrected chi connectivity index (χ4v) is 3.17. The molecule has 0 fully saturated rings. The van der Waals surface area contributed by atoms with Gasteiger partial charge in [0.2, 0.25) is 0 Å². The first-order valence-corrected chi connectivity index (χ1v) is 8.51. The molecule has 0 N–H and O–H groups in total. The lowest BCUT2D eigenvalue weighted by molar-refractivity contribution is 0.290. The molecule has 0 amide bonds. The molecule has 4 nitrogen and oxygen atoms in total. The molecule has 0 aliphatic heterocycles. The molecule has 2 aromatic carbocycles. The molecule has 2 heterocycles. The van der Waals surface area contributed by atoms with E-state index in [1.807, 2.05) is 36.4 Å². The van der Waals surface area contributed by atoms with Crippen LogP contribution in [0, 0.1) is 0 Å². The molecule has 0 saturated carbocycles. The van der Waals surface area contributed by atoms with Crippen LogP contribution in [0.3, 0.4) is 0 Å². The first kappa shape index (κ1) is 16.1. The van der Waals surface area contributed by atoms with E-state index >= 15 is 0 Å². The minimum absolute atomic E-state index is 0.288. The zero-order valence-corrected chi connectivity index (χ0v) is 14.7. The molecule has 126 valence electrons. The number of para-hydroxylation sites is 2. The average molecular weight is 373 g/mol. The maximum atomic E-state index is 6.18. The highest BCUT2D eigenvalue weighted by atomic mass is 35.5. The Labute approximate surface area is 154 Å². The van der Waals surface area contributed by atoms with E-state index in [0.717, 1.165) is 22.6 Å². The van der Waals surface area contributed by atoms with Gasteiger partial charge in [-0.25, -0.2) is 4.98 Å². The van der Waals surface area contributed by atoms with Gasteiger partial charge >= 0.3 is 0 Å². The highest BCUT2D eigenvalue weighted by Crippen LogP contribution is 2.28. The quantitative estimate of drug-likeness (QED) is 0.460. The van der Waals surface area contributed by atoms with E-state index in [4.69, 9.17) is 32.4 Å². The lowest BCUT2D eigenvalue weighted by atomic mass is 10.3. The summed E-state index contributed by atoms with van der Waals surface area (Å²) < 4.78 is 13.4. The van der Waals surface area contributed by atoms with Crippen molar-refractivity contribution in [3.63, 3.8) is 0 Å². The van der Waals surface area contributed by atoms with Gasteiger partial charge in [0.1, 0.15) is 23.9 Å². The first-order chi connectivity index (χ1) is 12.2. The van der Waals surface area contributed by atoms with Gasteiger partial charge in [0.05, 0.1) is 28.9 Å². The van der Waals surface area contributed by atoms with E-state index in [2.05, 4.69) is 9.55 Å². The van der Waals surface area contributed by atoms with E-state index in [9.17, 15) is 0 Å². The third kappa shape index (κ3) is 3.36. The van der Waals surface area contributed by atoms with Gasteiger partial charge in [0.15, 0.2) is 0 Å². The van der Waals surface area contributed by atoms with Crippen LogP contribution in [0.2, 0.25) is 10.0 Å². The minimum atomic E-state index is 0.288. The lowest BCUT2D eigenvalue weighted by Crippen LogP contribution is -2.08. The van der Waals surface area contributed by atoms with Crippen molar-refractivity contribution in [3.05, 3.63) is 82.5 Å². The van der Waals surface area contributed by atoms with Gasteiger partial charge in [-0.3, -0.25) is 0 Å². The molecular formula is C19H14Cl2N2O2. The van der Waals surface area contributed by atoms with Crippen LogP contribution >= 0.6 is 23.2 Å². The number of furan rings is 1. The highest BCUT2D eigenvalue weighted by Gasteiger charge is 2.13. The fourth-order valence-electron chi connectivity index (χ4n) is 2.70. The van der Waals surface area contributed by atoms with Gasteiger partial charge in [-0.15, -0.1) is 0 Å².